The first-order valence-corrected chi connectivity index (χ1v) is 21.4. The van der Waals surface area contributed by atoms with Crippen molar-refractivity contribution < 1.29 is 8.83 Å². The molecule has 1 unspecified atom stereocenters. The van der Waals surface area contributed by atoms with Crippen molar-refractivity contribution in [1.29, 1.82) is 0 Å². The molecule has 2 aliphatic carbocycles. The van der Waals surface area contributed by atoms with Crippen molar-refractivity contribution in [3.8, 4) is 66.8 Å². The van der Waals surface area contributed by atoms with E-state index in [1.54, 1.807) is 0 Å². The molecule has 0 saturated carbocycles. The molecule has 61 heavy (non-hydrogen) atoms. The summed E-state index contributed by atoms with van der Waals surface area (Å²) in [6.07, 6.45) is 0. The van der Waals surface area contributed by atoms with E-state index in [1.165, 1.54) is 89.0 Å². The lowest BCUT2D eigenvalue weighted by atomic mass is 9.73. The van der Waals surface area contributed by atoms with E-state index in [0.717, 1.165) is 43.9 Å². The summed E-state index contributed by atoms with van der Waals surface area (Å²) in [6, 6.07) is 66.7. The predicted octanol–water partition coefficient (Wildman–Crippen LogP) is 16.6. The highest BCUT2D eigenvalue weighted by Crippen LogP contribution is 2.63. The number of para-hydroxylation sites is 2. The van der Waals surface area contributed by atoms with E-state index < -0.39 is 0 Å². The summed E-state index contributed by atoms with van der Waals surface area (Å²) < 4.78 is 12.4. The van der Waals surface area contributed by atoms with Gasteiger partial charge in [-0.1, -0.05) is 154 Å². The van der Waals surface area contributed by atoms with Gasteiger partial charge in [-0.3, -0.25) is 0 Å². The Labute approximate surface area is 354 Å². The molecule has 1 atom stereocenters. The van der Waals surface area contributed by atoms with Gasteiger partial charge < -0.3 is 8.83 Å². The predicted molar refractivity (Wildman–Crippen MR) is 253 cm³/mol. The highest BCUT2D eigenvalue weighted by Gasteiger charge is 2.45. The van der Waals surface area contributed by atoms with Crippen molar-refractivity contribution in [2.75, 3.05) is 0 Å². The molecule has 0 bridgehead atoms. The van der Waals surface area contributed by atoms with Gasteiger partial charge in [0.2, 0.25) is 0 Å². The summed E-state index contributed by atoms with van der Waals surface area (Å²) in [4.78, 5) is 0. The van der Waals surface area contributed by atoms with E-state index in [0.29, 0.717) is 0 Å². The maximum atomic E-state index is 6.23. The average molecular weight is 781 g/mol. The van der Waals surface area contributed by atoms with Crippen molar-refractivity contribution in [2.45, 2.75) is 32.1 Å². The first-order valence-electron chi connectivity index (χ1n) is 21.4. The molecule has 2 aliphatic rings. The van der Waals surface area contributed by atoms with Crippen molar-refractivity contribution >= 4 is 43.9 Å². The fraction of sp³-hybridized carbons (Fsp3) is 0.0847. The van der Waals surface area contributed by atoms with Crippen LogP contribution >= 0.6 is 0 Å². The number of hydrogen-bond donors (Lipinski definition) is 0. The minimum atomic E-state index is -0.292. The zero-order chi connectivity index (χ0) is 40.6. The van der Waals surface area contributed by atoms with Gasteiger partial charge in [0.05, 0.1) is 0 Å². The molecular weight excluding hydrogens is 741 g/mol. The molecule has 0 spiro atoms. The molecular formula is C59H40O2. The first-order chi connectivity index (χ1) is 29.9. The van der Waals surface area contributed by atoms with Crippen molar-refractivity contribution in [2.24, 2.45) is 0 Å². The molecule has 11 aromatic rings. The average Bonchev–Trinajstić information content (AvgIpc) is 4.02. The van der Waals surface area contributed by atoms with E-state index in [4.69, 9.17) is 8.83 Å². The summed E-state index contributed by atoms with van der Waals surface area (Å²) in [6.45, 7) is 7.32. The van der Waals surface area contributed by atoms with Crippen LogP contribution in [0.4, 0.5) is 0 Å². The summed E-state index contributed by atoms with van der Waals surface area (Å²) in [5.74, 6) is 0.165. The lowest BCUT2D eigenvalue weighted by Crippen LogP contribution is -2.18. The number of furan rings is 2. The molecule has 0 N–H and O–H groups in total. The van der Waals surface area contributed by atoms with Crippen molar-refractivity contribution in [1.82, 2.24) is 0 Å². The zero-order valence-electron chi connectivity index (χ0n) is 34.2. The second-order valence-electron chi connectivity index (χ2n) is 17.5. The van der Waals surface area contributed by atoms with Gasteiger partial charge in [-0.2, -0.15) is 0 Å². The third-order valence-corrected chi connectivity index (χ3v) is 13.9. The molecule has 2 heterocycles. The molecule has 0 fully saturated rings. The molecule has 0 radical (unpaired) electrons. The Morgan fingerprint density at radius 1 is 0.377 bits per heavy atom. The Bertz CT molecular complexity index is 3620. The topological polar surface area (TPSA) is 26.3 Å². The van der Waals surface area contributed by atoms with Crippen LogP contribution in [-0.4, -0.2) is 0 Å². The third kappa shape index (κ3) is 4.85. The van der Waals surface area contributed by atoms with Crippen LogP contribution in [0.2, 0.25) is 0 Å². The van der Waals surface area contributed by atoms with Crippen LogP contribution in [0.15, 0.2) is 191 Å². The molecule has 0 aliphatic heterocycles. The van der Waals surface area contributed by atoms with Gasteiger partial charge in [0.15, 0.2) is 0 Å². The Kier molecular flexibility index (Phi) is 7.09. The maximum absolute atomic E-state index is 6.23. The summed E-state index contributed by atoms with van der Waals surface area (Å²) in [5.41, 5.74) is 24.4. The number of fused-ring (bicyclic) bond motifs is 12. The van der Waals surface area contributed by atoms with E-state index in [2.05, 4.69) is 191 Å². The minimum absolute atomic E-state index is 0.165. The third-order valence-electron chi connectivity index (χ3n) is 13.9. The molecule has 0 amide bonds. The Morgan fingerprint density at radius 2 is 0.852 bits per heavy atom. The minimum Gasteiger partial charge on any atom is -0.456 e. The highest BCUT2D eigenvalue weighted by molar-refractivity contribution is 6.10. The lowest BCUT2D eigenvalue weighted by Gasteiger charge is -2.29. The largest absolute Gasteiger partial charge is 0.456 e. The molecule has 9 aromatic carbocycles. The van der Waals surface area contributed by atoms with Gasteiger partial charge in [-0.25, -0.2) is 0 Å². The van der Waals surface area contributed by atoms with Crippen molar-refractivity contribution in [3.05, 3.63) is 204 Å². The molecule has 13 rings (SSSR count). The Balaban J connectivity index is 1.05. The van der Waals surface area contributed by atoms with Crippen LogP contribution in [-0.2, 0) is 5.41 Å². The number of benzene rings is 9. The Morgan fingerprint density at radius 3 is 1.46 bits per heavy atom. The van der Waals surface area contributed by atoms with E-state index in [9.17, 15) is 0 Å². The van der Waals surface area contributed by atoms with Gasteiger partial charge in [0.1, 0.15) is 22.3 Å². The summed E-state index contributed by atoms with van der Waals surface area (Å²) in [5, 5.41) is 4.60. The SMILES string of the molecule is CC1c2cc(-c3ccc4oc5ccccc5c4c3)ccc2-c2c(-c3ccccc3)c3c(c(-c4ccccc4)c21)C(C)(C)c1cc(-c2ccc4oc5ccccc5c4c2)ccc1-3. The molecule has 288 valence electrons. The van der Waals surface area contributed by atoms with Crippen LogP contribution in [0.5, 0.6) is 0 Å². The normalized spacial score (nSPS) is 14.8. The second kappa shape index (κ2) is 12.5. The van der Waals surface area contributed by atoms with Crippen LogP contribution in [0.25, 0.3) is 111 Å². The van der Waals surface area contributed by atoms with Crippen LogP contribution in [0.1, 0.15) is 48.9 Å². The summed E-state index contributed by atoms with van der Waals surface area (Å²) >= 11 is 0. The quantitative estimate of drug-likeness (QED) is 0.178. The van der Waals surface area contributed by atoms with Crippen LogP contribution in [0.3, 0.4) is 0 Å². The number of rotatable bonds is 4. The smallest absolute Gasteiger partial charge is 0.135 e. The fourth-order valence-corrected chi connectivity index (χ4v) is 11.1. The second-order valence-corrected chi connectivity index (χ2v) is 17.5. The monoisotopic (exact) mass is 780 g/mol. The molecule has 2 heteroatoms. The molecule has 2 aromatic heterocycles. The zero-order valence-corrected chi connectivity index (χ0v) is 34.2. The lowest BCUT2D eigenvalue weighted by molar-refractivity contribution is 0.661. The first kappa shape index (κ1) is 34.4. The fourth-order valence-electron chi connectivity index (χ4n) is 11.1. The van der Waals surface area contributed by atoms with Gasteiger partial charge in [0, 0.05) is 32.9 Å². The highest BCUT2D eigenvalue weighted by atomic mass is 16.3. The summed E-state index contributed by atoms with van der Waals surface area (Å²) in [7, 11) is 0. The van der Waals surface area contributed by atoms with E-state index >= 15 is 0 Å². The van der Waals surface area contributed by atoms with Crippen molar-refractivity contribution in [3.63, 3.8) is 0 Å². The van der Waals surface area contributed by atoms with Crippen LogP contribution in [0, 0.1) is 0 Å². The van der Waals surface area contributed by atoms with Gasteiger partial charge >= 0.3 is 0 Å². The Hall–Kier alpha value is -7.42. The standard InChI is InChI=1S/C59H40O2/c1-34-45-30-37(38-24-28-51-46(31-38)41-18-10-12-20-49(41)60-51)22-26-43(45)56-53(34)55(36-16-8-5-9-17-36)58-57(54(56)35-14-6-4-7-15-35)44-27-23-40(33-48(44)59(58,2)3)39-25-29-52-47(32-39)42-19-11-13-21-50(42)61-52/h4-34H,1-3H3. The molecule has 0 saturated heterocycles. The molecule has 2 nitrogen and oxygen atoms in total. The maximum Gasteiger partial charge on any atom is 0.135 e. The number of hydrogen-bond acceptors (Lipinski definition) is 2. The van der Waals surface area contributed by atoms with E-state index in [-0.39, 0.29) is 11.3 Å². The van der Waals surface area contributed by atoms with Crippen LogP contribution < -0.4 is 0 Å². The van der Waals surface area contributed by atoms with E-state index in [1.807, 2.05) is 12.1 Å². The van der Waals surface area contributed by atoms with Gasteiger partial charge in [-0.05, 0) is 138 Å². The van der Waals surface area contributed by atoms with Gasteiger partial charge in [0.25, 0.3) is 0 Å². The van der Waals surface area contributed by atoms with Gasteiger partial charge in [-0.15, -0.1) is 0 Å².